The molecule has 0 unspecified atom stereocenters. The number of carbonyl (C=O) groups excluding carboxylic acids is 1. The Hall–Kier alpha value is -1.49. The van der Waals surface area contributed by atoms with Gasteiger partial charge in [-0.3, -0.25) is 0 Å². The van der Waals surface area contributed by atoms with Gasteiger partial charge in [-0.1, -0.05) is 6.92 Å². The molecule has 0 spiro atoms. The number of ether oxygens (including phenoxy) is 2. The molecule has 0 aliphatic heterocycles. The smallest absolute Gasteiger partial charge is 0.339 e. The summed E-state index contributed by atoms with van der Waals surface area (Å²) < 4.78 is 22.5. The first-order valence-electron chi connectivity index (χ1n) is 5.10. The normalized spacial score (nSPS) is 10.1. The lowest BCUT2D eigenvalue weighted by atomic mass is 10.3. The van der Waals surface area contributed by atoms with Crippen molar-refractivity contribution in [3.63, 3.8) is 0 Å². The standard InChI is InChI=1S/C11H14FNO3/c1-2-5-15-6-7-16-11(14)9-3-4-10(12)13-8-9/h3-4,8H,2,5-7H2,1H3. The molecule has 1 rings (SSSR count). The second-order valence-corrected chi connectivity index (χ2v) is 3.12. The monoisotopic (exact) mass is 227 g/mol. The summed E-state index contributed by atoms with van der Waals surface area (Å²) in [6, 6.07) is 2.45. The number of halogens is 1. The fourth-order valence-corrected chi connectivity index (χ4v) is 1.02. The maximum absolute atomic E-state index is 12.5. The van der Waals surface area contributed by atoms with E-state index in [9.17, 15) is 9.18 Å². The molecule has 0 aromatic carbocycles. The van der Waals surface area contributed by atoms with Crippen LogP contribution < -0.4 is 0 Å². The zero-order chi connectivity index (χ0) is 11.8. The van der Waals surface area contributed by atoms with Crippen molar-refractivity contribution < 1.29 is 18.7 Å². The van der Waals surface area contributed by atoms with E-state index >= 15 is 0 Å². The molecule has 1 aromatic rings. The topological polar surface area (TPSA) is 48.4 Å². The summed E-state index contributed by atoms with van der Waals surface area (Å²) in [6.45, 7) is 3.20. The summed E-state index contributed by atoms with van der Waals surface area (Å²) in [7, 11) is 0. The molecule has 0 saturated heterocycles. The first-order valence-corrected chi connectivity index (χ1v) is 5.10. The Morgan fingerprint density at radius 1 is 1.38 bits per heavy atom. The van der Waals surface area contributed by atoms with Gasteiger partial charge in [-0.25, -0.2) is 9.78 Å². The highest BCUT2D eigenvalue weighted by Gasteiger charge is 2.07. The molecule has 0 fully saturated rings. The van der Waals surface area contributed by atoms with Gasteiger partial charge in [-0.15, -0.1) is 0 Å². The Morgan fingerprint density at radius 2 is 2.19 bits per heavy atom. The molecule has 4 nitrogen and oxygen atoms in total. The molecule has 0 amide bonds. The molecule has 0 atom stereocenters. The van der Waals surface area contributed by atoms with E-state index in [4.69, 9.17) is 9.47 Å². The van der Waals surface area contributed by atoms with E-state index in [1.165, 1.54) is 6.07 Å². The Morgan fingerprint density at radius 3 is 2.81 bits per heavy atom. The number of hydrogen-bond donors (Lipinski definition) is 0. The lowest BCUT2D eigenvalue weighted by molar-refractivity contribution is 0.0318. The first kappa shape index (κ1) is 12.6. The van der Waals surface area contributed by atoms with Gasteiger partial charge in [-0.2, -0.15) is 4.39 Å². The summed E-state index contributed by atoms with van der Waals surface area (Å²) in [6.07, 6.45) is 2.07. The molecule has 0 aliphatic rings. The zero-order valence-electron chi connectivity index (χ0n) is 9.11. The Balaban J connectivity index is 2.27. The molecule has 5 heteroatoms. The highest BCUT2D eigenvalue weighted by atomic mass is 19.1. The van der Waals surface area contributed by atoms with Crippen LogP contribution in [0.15, 0.2) is 18.3 Å². The summed E-state index contributed by atoms with van der Waals surface area (Å²) in [5.41, 5.74) is 0.233. The lowest BCUT2D eigenvalue weighted by Gasteiger charge is -2.04. The largest absolute Gasteiger partial charge is 0.460 e. The van der Waals surface area contributed by atoms with Crippen molar-refractivity contribution in [1.29, 1.82) is 0 Å². The third-order valence-corrected chi connectivity index (χ3v) is 1.77. The number of aromatic nitrogens is 1. The third-order valence-electron chi connectivity index (χ3n) is 1.77. The van der Waals surface area contributed by atoms with Crippen LogP contribution in [0.2, 0.25) is 0 Å². The van der Waals surface area contributed by atoms with Crippen molar-refractivity contribution in [3.05, 3.63) is 29.8 Å². The highest BCUT2D eigenvalue weighted by molar-refractivity contribution is 5.88. The predicted molar refractivity (Wildman–Crippen MR) is 55.6 cm³/mol. The number of pyridine rings is 1. The molecule has 0 saturated carbocycles. The Bertz CT molecular complexity index is 327. The summed E-state index contributed by atoms with van der Waals surface area (Å²) in [5.74, 6) is -1.14. The molecule has 0 radical (unpaired) electrons. The van der Waals surface area contributed by atoms with Crippen molar-refractivity contribution in [2.45, 2.75) is 13.3 Å². The molecule has 0 N–H and O–H groups in total. The number of nitrogens with zero attached hydrogens (tertiary/aromatic N) is 1. The second-order valence-electron chi connectivity index (χ2n) is 3.12. The van der Waals surface area contributed by atoms with E-state index in [1.807, 2.05) is 6.92 Å². The Labute approximate surface area is 93.4 Å². The van der Waals surface area contributed by atoms with Crippen LogP contribution in [-0.2, 0) is 9.47 Å². The SMILES string of the molecule is CCCOCCOC(=O)c1ccc(F)nc1. The van der Waals surface area contributed by atoms with Crippen molar-refractivity contribution in [1.82, 2.24) is 4.98 Å². The maximum atomic E-state index is 12.5. The average molecular weight is 227 g/mol. The van der Waals surface area contributed by atoms with Crippen LogP contribution in [0.1, 0.15) is 23.7 Å². The van der Waals surface area contributed by atoms with E-state index in [1.54, 1.807) is 0 Å². The number of esters is 1. The molecule has 88 valence electrons. The molecule has 0 bridgehead atoms. The molecule has 16 heavy (non-hydrogen) atoms. The van der Waals surface area contributed by atoms with Gasteiger partial charge in [0.1, 0.15) is 6.61 Å². The van der Waals surface area contributed by atoms with E-state index < -0.39 is 11.9 Å². The van der Waals surface area contributed by atoms with Crippen LogP contribution in [0.4, 0.5) is 4.39 Å². The number of hydrogen-bond acceptors (Lipinski definition) is 4. The van der Waals surface area contributed by atoms with Gasteiger partial charge in [-0.05, 0) is 18.6 Å². The van der Waals surface area contributed by atoms with E-state index in [0.717, 1.165) is 18.7 Å². The third kappa shape index (κ3) is 4.35. The van der Waals surface area contributed by atoms with Crippen LogP contribution in [0.5, 0.6) is 0 Å². The predicted octanol–water partition coefficient (Wildman–Crippen LogP) is 1.80. The molecule has 0 aliphatic carbocycles. The van der Waals surface area contributed by atoms with Crippen molar-refractivity contribution >= 4 is 5.97 Å². The number of carbonyl (C=O) groups is 1. The van der Waals surface area contributed by atoms with Gasteiger partial charge in [0.05, 0.1) is 12.2 Å². The lowest BCUT2D eigenvalue weighted by Crippen LogP contribution is -2.11. The van der Waals surface area contributed by atoms with Crippen LogP contribution in [0, 0.1) is 5.95 Å². The van der Waals surface area contributed by atoms with Gasteiger partial charge in [0.15, 0.2) is 0 Å². The highest BCUT2D eigenvalue weighted by Crippen LogP contribution is 2.01. The van der Waals surface area contributed by atoms with Gasteiger partial charge in [0.2, 0.25) is 5.95 Å². The Kier molecular flexibility index (Phi) is 5.42. The maximum Gasteiger partial charge on any atom is 0.339 e. The van der Waals surface area contributed by atoms with Crippen LogP contribution in [0.25, 0.3) is 0 Å². The van der Waals surface area contributed by atoms with Crippen LogP contribution in [-0.4, -0.2) is 30.8 Å². The van der Waals surface area contributed by atoms with Crippen molar-refractivity contribution in [2.75, 3.05) is 19.8 Å². The van der Waals surface area contributed by atoms with E-state index in [-0.39, 0.29) is 12.2 Å². The molecular formula is C11H14FNO3. The van der Waals surface area contributed by atoms with Gasteiger partial charge < -0.3 is 9.47 Å². The summed E-state index contributed by atoms with van der Waals surface area (Å²) in [5, 5.41) is 0. The van der Waals surface area contributed by atoms with Crippen molar-refractivity contribution in [2.24, 2.45) is 0 Å². The van der Waals surface area contributed by atoms with Crippen molar-refractivity contribution in [3.8, 4) is 0 Å². The zero-order valence-corrected chi connectivity index (χ0v) is 9.11. The molecule has 1 aromatic heterocycles. The minimum absolute atomic E-state index is 0.191. The quantitative estimate of drug-likeness (QED) is 0.422. The fourth-order valence-electron chi connectivity index (χ4n) is 1.02. The minimum atomic E-state index is -0.622. The van der Waals surface area contributed by atoms with Gasteiger partial charge in [0.25, 0.3) is 0 Å². The summed E-state index contributed by atoms with van der Waals surface area (Å²) >= 11 is 0. The molecule has 1 heterocycles. The van der Waals surface area contributed by atoms with E-state index in [2.05, 4.69) is 4.98 Å². The van der Waals surface area contributed by atoms with Gasteiger partial charge in [0, 0.05) is 12.8 Å². The summed E-state index contributed by atoms with van der Waals surface area (Å²) in [4.78, 5) is 14.7. The van der Waals surface area contributed by atoms with Crippen LogP contribution in [0.3, 0.4) is 0 Å². The average Bonchev–Trinajstić information content (AvgIpc) is 2.29. The van der Waals surface area contributed by atoms with Gasteiger partial charge >= 0.3 is 5.97 Å². The van der Waals surface area contributed by atoms with Crippen LogP contribution >= 0.6 is 0 Å². The fraction of sp³-hybridized carbons (Fsp3) is 0.455. The first-order chi connectivity index (χ1) is 7.74. The van der Waals surface area contributed by atoms with E-state index in [0.29, 0.717) is 13.2 Å². The minimum Gasteiger partial charge on any atom is -0.460 e. The molecular weight excluding hydrogens is 213 g/mol. The second kappa shape index (κ2) is 6.90. The number of rotatable bonds is 6.